The van der Waals surface area contributed by atoms with Crippen LogP contribution in [0.15, 0.2) is 90.0 Å². The third kappa shape index (κ3) is 4.46. The molecule has 4 aromatic rings. The number of hydrazone groups is 1. The number of anilines is 2. The van der Waals surface area contributed by atoms with Crippen molar-refractivity contribution in [3.8, 4) is 0 Å². The van der Waals surface area contributed by atoms with Gasteiger partial charge in [0.2, 0.25) is 5.91 Å². The summed E-state index contributed by atoms with van der Waals surface area (Å²) >= 11 is 0. The Hall–Kier alpha value is -4.78. The summed E-state index contributed by atoms with van der Waals surface area (Å²) in [6, 6.07) is 26.1. The minimum Gasteiger partial charge on any atom is -0.326 e. The van der Waals surface area contributed by atoms with E-state index in [9.17, 15) is 14.4 Å². The summed E-state index contributed by atoms with van der Waals surface area (Å²) in [5, 5.41) is 8.96. The summed E-state index contributed by atoms with van der Waals surface area (Å²) in [5.74, 6) is -0.515. The summed E-state index contributed by atoms with van der Waals surface area (Å²) in [4.78, 5) is 38.7. The SMILES string of the molecule is CC(=O)Nc1cccc(C(C)=NNC(=O)c2ccc(CN3C(=O)c4cccc5cccc3c45)cc2)c1. The zero-order chi connectivity index (χ0) is 25.2. The second kappa shape index (κ2) is 9.46. The molecule has 2 N–H and O–H groups in total. The van der Waals surface area contributed by atoms with Gasteiger partial charge in [-0.05, 0) is 59.8 Å². The van der Waals surface area contributed by atoms with Crippen molar-refractivity contribution in [1.82, 2.24) is 5.43 Å². The van der Waals surface area contributed by atoms with E-state index in [-0.39, 0.29) is 17.7 Å². The summed E-state index contributed by atoms with van der Waals surface area (Å²) in [6.07, 6.45) is 0. The zero-order valence-corrected chi connectivity index (χ0v) is 19.9. The molecule has 1 heterocycles. The van der Waals surface area contributed by atoms with Gasteiger partial charge in [-0.25, -0.2) is 5.43 Å². The molecule has 0 spiro atoms. The van der Waals surface area contributed by atoms with Crippen molar-refractivity contribution in [1.29, 1.82) is 0 Å². The van der Waals surface area contributed by atoms with Crippen LogP contribution in [0.25, 0.3) is 10.8 Å². The van der Waals surface area contributed by atoms with Gasteiger partial charge in [-0.3, -0.25) is 14.4 Å². The molecule has 4 aromatic carbocycles. The number of carbonyl (C=O) groups is 3. The molecule has 1 aliphatic rings. The molecule has 36 heavy (non-hydrogen) atoms. The first-order chi connectivity index (χ1) is 17.4. The Bertz CT molecular complexity index is 1530. The van der Waals surface area contributed by atoms with E-state index < -0.39 is 0 Å². The molecule has 0 saturated heterocycles. The van der Waals surface area contributed by atoms with Crippen LogP contribution >= 0.6 is 0 Å². The van der Waals surface area contributed by atoms with E-state index in [1.54, 1.807) is 36.1 Å². The van der Waals surface area contributed by atoms with Crippen molar-refractivity contribution in [2.45, 2.75) is 20.4 Å². The van der Waals surface area contributed by atoms with Gasteiger partial charge in [0.15, 0.2) is 0 Å². The quantitative estimate of drug-likeness (QED) is 0.299. The van der Waals surface area contributed by atoms with E-state index in [4.69, 9.17) is 0 Å². The van der Waals surface area contributed by atoms with Crippen molar-refractivity contribution in [3.05, 3.63) is 107 Å². The molecule has 0 radical (unpaired) electrons. The van der Waals surface area contributed by atoms with Gasteiger partial charge in [-0.2, -0.15) is 5.10 Å². The number of hydrogen-bond acceptors (Lipinski definition) is 4. The van der Waals surface area contributed by atoms with Gasteiger partial charge < -0.3 is 10.2 Å². The van der Waals surface area contributed by atoms with Gasteiger partial charge in [0, 0.05) is 29.1 Å². The van der Waals surface area contributed by atoms with E-state index >= 15 is 0 Å². The highest BCUT2D eigenvalue weighted by molar-refractivity contribution is 6.24. The molecular weight excluding hydrogens is 452 g/mol. The second-order valence-corrected chi connectivity index (χ2v) is 8.67. The molecule has 7 nitrogen and oxygen atoms in total. The Kier molecular flexibility index (Phi) is 6.04. The molecule has 0 atom stereocenters. The number of carbonyl (C=O) groups excluding carboxylic acids is 3. The first-order valence-electron chi connectivity index (χ1n) is 11.6. The number of nitrogens with zero attached hydrogens (tertiary/aromatic N) is 2. The number of benzene rings is 4. The molecule has 178 valence electrons. The van der Waals surface area contributed by atoms with Crippen molar-refractivity contribution in [2.75, 3.05) is 10.2 Å². The fourth-order valence-electron chi connectivity index (χ4n) is 4.37. The van der Waals surface area contributed by atoms with Gasteiger partial charge >= 0.3 is 0 Å². The molecule has 0 bridgehead atoms. The molecule has 0 aliphatic carbocycles. The largest absolute Gasteiger partial charge is 0.326 e. The molecule has 0 aromatic heterocycles. The van der Waals surface area contributed by atoms with Crippen LogP contribution in [0, 0.1) is 0 Å². The van der Waals surface area contributed by atoms with Crippen LogP contribution in [0.3, 0.4) is 0 Å². The zero-order valence-electron chi connectivity index (χ0n) is 19.9. The lowest BCUT2D eigenvalue weighted by Gasteiger charge is -2.18. The fraction of sp³-hybridized carbons (Fsp3) is 0.103. The summed E-state index contributed by atoms with van der Waals surface area (Å²) in [6.45, 7) is 3.64. The summed E-state index contributed by atoms with van der Waals surface area (Å²) < 4.78 is 0. The van der Waals surface area contributed by atoms with Crippen LogP contribution < -0.4 is 15.6 Å². The van der Waals surface area contributed by atoms with Crippen LogP contribution in [0.4, 0.5) is 11.4 Å². The summed E-state index contributed by atoms with van der Waals surface area (Å²) in [7, 11) is 0. The third-order valence-corrected chi connectivity index (χ3v) is 6.13. The number of nitrogens with one attached hydrogen (secondary N) is 2. The van der Waals surface area contributed by atoms with E-state index in [0.717, 1.165) is 33.2 Å². The van der Waals surface area contributed by atoms with Crippen LogP contribution in [0.2, 0.25) is 0 Å². The van der Waals surface area contributed by atoms with Crippen LogP contribution in [-0.4, -0.2) is 23.4 Å². The highest BCUT2D eigenvalue weighted by Gasteiger charge is 2.29. The van der Waals surface area contributed by atoms with Crippen LogP contribution in [0.1, 0.15) is 45.7 Å². The monoisotopic (exact) mass is 476 g/mol. The van der Waals surface area contributed by atoms with Gasteiger partial charge in [-0.1, -0.05) is 48.5 Å². The van der Waals surface area contributed by atoms with Crippen molar-refractivity contribution < 1.29 is 14.4 Å². The predicted molar refractivity (Wildman–Crippen MR) is 141 cm³/mol. The van der Waals surface area contributed by atoms with Crippen molar-refractivity contribution >= 4 is 45.6 Å². The Morgan fingerprint density at radius 2 is 1.58 bits per heavy atom. The average Bonchev–Trinajstić information content (AvgIpc) is 3.15. The molecule has 0 unspecified atom stereocenters. The van der Waals surface area contributed by atoms with Gasteiger partial charge in [0.1, 0.15) is 0 Å². The van der Waals surface area contributed by atoms with Crippen LogP contribution in [-0.2, 0) is 11.3 Å². The first kappa shape index (κ1) is 23.0. The lowest BCUT2D eigenvalue weighted by atomic mass is 10.1. The lowest BCUT2D eigenvalue weighted by Crippen LogP contribution is -2.26. The number of rotatable bonds is 6. The highest BCUT2D eigenvalue weighted by Crippen LogP contribution is 2.37. The maximum absolute atomic E-state index is 13.0. The van der Waals surface area contributed by atoms with Gasteiger partial charge in [0.05, 0.1) is 17.9 Å². The van der Waals surface area contributed by atoms with E-state index in [2.05, 4.69) is 15.8 Å². The predicted octanol–water partition coefficient (Wildman–Crippen LogP) is 5.11. The Morgan fingerprint density at radius 3 is 2.33 bits per heavy atom. The lowest BCUT2D eigenvalue weighted by molar-refractivity contribution is -0.114. The Morgan fingerprint density at radius 1 is 0.861 bits per heavy atom. The minimum atomic E-state index is -0.340. The normalized spacial score (nSPS) is 12.7. The smallest absolute Gasteiger partial charge is 0.271 e. The van der Waals surface area contributed by atoms with E-state index in [1.807, 2.05) is 60.7 Å². The first-order valence-corrected chi connectivity index (χ1v) is 11.6. The number of amides is 3. The number of hydrogen-bond donors (Lipinski definition) is 2. The average molecular weight is 477 g/mol. The van der Waals surface area contributed by atoms with Gasteiger partial charge in [0.25, 0.3) is 11.8 Å². The molecule has 5 rings (SSSR count). The van der Waals surface area contributed by atoms with Crippen molar-refractivity contribution in [2.24, 2.45) is 5.10 Å². The molecule has 0 saturated carbocycles. The Labute approximate surface area is 208 Å². The van der Waals surface area contributed by atoms with E-state index in [1.165, 1.54) is 6.92 Å². The fourth-order valence-corrected chi connectivity index (χ4v) is 4.37. The molecule has 0 fully saturated rings. The third-order valence-electron chi connectivity index (χ3n) is 6.13. The molecular formula is C29H24N4O3. The van der Waals surface area contributed by atoms with Gasteiger partial charge in [-0.15, -0.1) is 0 Å². The highest BCUT2D eigenvalue weighted by atomic mass is 16.2. The molecule has 7 heteroatoms. The van der Waals surface area contributed by atoms with Crippen molar-refractivity contribution in [3.63, 3.8) is 0 Å². The molecule has 3 amide bonds. The maximum Gasteiger partial charge on any atom is 0.271 e. The topological polar surface area (TPSA) is 90.9 Å². The second-order valence-electron chi connectivity index (χ2n) is 8.67. The van der Waals surface area contributed by atoms with E-state index in [0.29, 0.717) is 23.5 Å². The minimum absolute atomic E-state index is 0.0176. The van der Waals surface area contributed by atoms with Crippen LogP contribution in [0.5, 0.6) is 0 Å². The standard InChI is InChI=1S/C29H24N4O3/c1-18(23-8-3-9-24(16-23)30-19(2)34)31-32-28(35)22-14-12-20(13-15-22)17-33-26-11-5-7-21-6-4-10-25(27(21)26)29(33)36/h3-16H,17H2,1-2H3,(H,30,34)(H,32,35). The summed E-state index contributed by atoms with van der Waals surface area (Å²) in [5.41, 5.74) is 7.62. The Balaban J connectivity index is 1.26. The maximum atomic E-state index is 13.0. The molecule has 1 aliphatic heterocycles.